The van der Waals surface area contributed by atoms with Crippen molar-refractivity contribution in [1.29, 1.82) is 0 Å². The number of ether oxygens (including phenoxy) is 1. The van der Waals surface area contributed by atoms with Gasteiger partial charge in [0.25, 0.3) is 5.91 Å². The number of hydrogen-bond donors (Lipinski definition) is 3. The van der Waals surface area contributed by atoms with Crippen LogP contribution in [0.1, 0.15) is 35.8 Å². The zero-order chi connectivity index (χ0) is 22.0. The Kier molecular flexibility index (Phi) is 5.40. The first-order valence-corrected chi connectivity index (χ1v) is 9.74. The molecular weight excluding hydrogens is 398 g/mol. The maximum absolute atomic E-state index is 13.5. The van der Waals surface area contributed by atoms with Gasteiger partial charge in [0.15, 0.2) is 0 Å². The molecule has 0 radical (unpaired) electrons. The van der Waals surface area contributed by atoms with Gasteiger partial charge >= 0.3 is 5.97 Å². The highest BCUT2D eigenvalue weighted by Crippen LogP contribution is 2.37. The molecule has 31 heavy (non-hydrogen) atoms. The van der Waals surface area contributed by atoms with Crippen LogP contribution in [-0.4, -0.2) is 38.4 Å². The van der Waals surface area contributed by atoms with Crippen molar-refractivity contribution in [2.75, 3.05) is 17.2 Å². The fourth-order valence-corrected chi connectivity index (χ4v) is 3.64. The normalized spacial score (nSPS) is 15.1. The van der Waals surface area contributed by atoms with Crippen molar-refractivity contribution in [3.63, 3.8) is 0 Å². The van der Waals surface area contributed by atoms with Gasteiger partial charge in [-0.1, -0.05) is 30.3 Å². The van der Waals surface area contributed by atoms with Gasteiger partial charge in [-0.15, -0.1) is 0 Å². The summed E-state index contributed by atoms with van der Waals surface area (Å²) in [5.74, 6) is -0.517. The van der Waals surface area contributed by atoms with Gasteiger partial charge in [-0.05, 0) is 37.6 Å². The van der Waals surface area contributed by atoms with E-state index in [0.29, 0.717) is 40.8 Å². The van der Waals surface area contributed by atoms with E-state index in [4.69, 9.17) is 4.74 Å². The maximum atomic E-state index is 13.5. The molecule has 2 aromatic carbocycles. The Bertz CT molecular complexity index is 1180. The number of nitrogens with one attached hydrogen (secondary N) is 2. The van der Waals surface area contributed by atoms with Crippen LogP contribution in [0.4, 0.5) is 11.6 Å². The molecular formula is C22H21N5O4. The van der Waals surface area contributed by atoms with E-state index < -0.39 is 17.9 Å². The SMILES string of the molecule is CCOc1ccccc1NC(=O)C1=C(C)Nc2ncnn2C1c1ccccc1C(=O)O. The summed E-state index contributed by atoms with van der Waals surface area (Å²) >= 11 is 0. The number of carboxylic acid groups (broad SMARTS) is 1. The Balaban J connectivity index is 1.80. The number of anilines is 2. The zero-order valence-corrected chi connectivity index (χ0v) is 17.0. The molecule has 9 heteroatoms. The summed E-state index contributed by atoms with van der Waals surface area (Å²) in [4.78, 5) is 29.5. The quantitative estimate of drug-likeness (QED) is 0.561. The van der Waals surface area contributed by atoms with Gasteiger partial charge in [-0.3, -0.25) is 4.79 Å². The lowest BCUT2D eigenvalue weighted by Crippen LogP contribution is -2.32. The molecule has 0 aliphatic carbocycles. The number of carbonyl (C=O) groups is 2. The second-order valence-corrected chi connectivity index (χ2v) is 6.87. The fraction of sp³-hybridized carbons (Fsp3) is 0.182. The lowest BCUT2D eigenvalue weighted by Gasteiger charge is -2.29. The van der Waals surface area contributed by atoms with E-state index in [0.717, 1.165) is 0 Å². The van der Waals surface area contributed by atoms with E-state index in [2.05, 4.69) is 20.7 Å². The fourth-order valence-electron chi connectivity index (χ4n) is 3.64. The third-order valence-corrected chi connectivity index (χ3v) is 4.96. The summed E-state index contributed by atoms with van der Waals surface area (Å²) in [6, 6.07) is 12.9. The van der Waals surface area contributed by atoms with Crippen LogP contribution >= 0.6 is 0 Å². The molecule has 1 atom stereocenters. The van der Waals surface area contributed by atoms with Crippen molar-refractivity contribution in [3.05, 3.63) is 77.3 Å². The highest BCUT2D eigenvalue weighted by Gasteiger charge is 2.35. The molecule has 0 saturated carbocycles. The number of aromatic nitrogens is 3. The Morgan fingerprint density at radius 1 is 1.19 bits per heavy atom. The Morgan fingerprint density at radius 2 is 1.94 bits per heavy atom. The molecule has 1 unspecified atom stereocenters. The lowest BCUT2D eigenvalue weighted by atomic mass is 9.91. The molecule has 1 aromatic heterocycles. The average Bonchev–Trinajstić information content (AvgIpc) is 3.22. The molecule has 0 spiro atoms. The van der Waals surface area contributed by atoms with Gasteiger partial charge in [0.1, 0.15) is 18.1 Å². The van der Waals surface area contributed by atoms with E-state index in [-0.39, 0.29) is 5.56 Å². The van der Waals surface area contributed by atoms with Crippen LogP contribution in [0.15, 0.2) is 66.1 Å². The van der Waals surface area contributed by atoms with Gasteiger partial charge in [-0.2, -0.15) is 10.1 Å². The Labute approximate surface area is 178 Å². The van der Waals surface area contributed by atoms with Gasteiger partial charge in [-0.25, -0.2) is 9.48 Å². The Hall–Kier alpha value is -4.14. The molecule has 1 amide bonds. The maximum Gasteiger partial charge on any atom is 0.336 e. The molecule has 0 bridgehead atoms. The molecule has 0 saturated heterocycles. The molecule has 3 aromatic rings. The molecule has 4 rings (SSSR count). The minimum atomic E-state index is -1.09. The number of aromatic carboxylic acids is 1. The summed E-state index contributed by atoms with van der Waals surface area (Å²) in [6.45, 7) is 4.06. The van der Waals surface area contributed by atoms with Crippen LogP contribution in [0.25, 0.3) is 0 Å². The highest BCUT2D eigenvalue weighted by molar-refractivity contribution is 6.07. The molecule has 158 valence electrons. The monoisotopic (exact) mass is 419 g/mol. The number of fused-ring (bicyclic) bond motifs is 1. The number of para-hydroxylation sites is 2. The Morgan fingerprint density at radius 3 is 2.71 bits per heavy atom. The van der Waals surface area contributed by atoms with Crippen molar-refractivity contribution in [2.45, 2.75) is 19.9 Å². The summed E-state index contributed by atoms with van der Waals surface area (Å²) in [7, 11) is 0. The number of rotatable bonds is 6. The standard InChI is InChI=1S/C22H21N5O4/c1-3-31-17-11-7-6-10-16(17)26-20(28)18-13(2)25-22-23-12-24-27(22)19(18)14-8-4-5-9-15(14)21(29)30/h4-12,19H,3H2,1-2H3,(H,26,28)(H,29,30)(H,23,24,25). The molecule has 0 fully saturated rings. The van der Waals surface area contributed by atoms with Crippen LogP contribution in [-0.2, 0) is 4.79 Å². The third kappa shape index (κ3) is 3.73. The van der Waals surface area contributed by atoms with Crippen molar-refractivity contribution < 1.29 is 19.4 Å². The topological polar surface area (TPSA) is 118 Å². The van der Waals surface area contributed by atoms with Gasteiger partial charge < -0.3 is 20.5 Å². The molecule has 2 heterocycles. The predicted molar refractivity (Wildman–Crippen MR) is 114 cm³/mol. The summed E-state index contributed by atoms with van der Waals surface area (Å²) in [6.07, 6.45) is 1.36. The van der Waals surface area contributed by atoms with E-state index in [1.54, 1.807) is 43.3 Å². The molecule has 1 aliphatic heterocycles. The van der Waals surface area contributed by atoms with Gasteiger partial charge in [0.05, 0.1) is 23.4 Å². The summed E-state index contributed by atoms with van der Waals surface area (Å²) in [5, 5.41) is 19.9. The summed E-state index contributed by atoms with van der Waals surface area (Å²) in [5.41, 5.74) is 1.92. The van der Waals surface area contributed by atoms with E-state index in [1.165, 1.54) is 17.1 Å². The first-order chi connectivity index (χ1) is 15.0. The number of allylic oxidation sites excluding steroid dienone is 1. The number of hydrogen-bond acceptors (Lipinski definition) is 6. The first kappa shape index (κ1) is 20.1. The predicted octanol–water partition coefficient (Wildman–Crippen LogP) is 3.30. The smallest absolute Gasteiger partial charge is 0.336 e. The van der Waals surface area contributed by atoms with Crippen LogP contribution in [0.5, 0.6) is 5.75 Å². The van der Waals surface area contributed by atoms with Gasteiger partial charge in [0.2, 0.25) is 5.95 Å². The van der Waals surface area contributed by atoms with E-state index in [9.17, 15) is 14.7 Å². The number of benzene rings is 2. The number of amides is 1. The van der Waals surface area contributed by atoms with Crippen LogP contribution in [0.3, 0.4) is 0 Å². The number of nitrogens with zero attached hydrogens (tertiary/aromatic N) is 3. The van der Waals surface area contributed by atoms with Crippen molar-refractivity contribution in [1.82, 2.24) is 14.8 Å². The minimum Gasteiger partial charge on any atom is -0.492 e. The van der Waals surface area contributed by atoms with Gasteiger partial charge in [0, 0.05) is 5.70 Å². The van der Waals surface area contributed by atoms with Crippen molar-refractivity contribution in [3.8, 4) is 5.75 Å². The second kappa shape index (κ2) is 8.31. The average molecular weight is 419 g/mol. The second-order valence-electron chi connectivity index (χ2n) is 6.87. The number of carbonyl (C=O) groups excluding carboxylic acids is 1. The van der Waals surface area contributed by atoms with Crippen molar-refractivity contribution >= 4 is 23.5 Å². The van der Waals surface area contributed by atoms with E-state index in [1.807, 2.05) is 13.0 Å². The van der Waals surface area contributed by atoms with Crippen LogP contribution in [0.2, 0.25) is 0 Å². The first-order valence-electron chi connectivity index (χ1n) is 9.74. The van der Waals surface area contributed by atoms with E-state index >= 15 is 0 Å². The van der Waals surface area contributed by atoms with Crippen LogP contribution < -0.4 is 15.4 Å². The van der Waals surface area contributed by atoms with Crippen LogP contribution in [0, 0.1) is 0 Å². The molecule has 1 aliphatic rings. The summed E-state index contributed by atoms with van der Waals surface area (Å²) < 4.78 is 7.12. The lowest BCUT2D eigenvalue weighted by molar-refractivity contribution is -0.113. The number of carboxylic acids is 1. The molecule has 9 nitrogen and oxygen atoms in total. The third-order valence-electron chi connectivity index (χ3n) is 4.96. The zero-order valence-electron chi connectivity index (χ0n) is 17.0. The largest absolute Gasteiger partial charge is 0.492 e. The highest BCUT2D eigenvalue weighted by atomic mass is 16.5. The van der Waals surface area contributed by atoms with Crippen molar-refractivity contribution in [2.24, 2.45) is 0 Å². The molecule has 3 N–H and O–H groups in total. The minimum absolute atomic E-state index is 0.0867.